The van der Waals surface area contributed by atoms with E-state index >= 15 is 0 Å². The van der Waals surface area contributed by atoms with E-state index in [1.54, 1.807) is 0 Å². The fourth-order valence-corrected chi connectivity index (χ4v) is 3.51. The maximum atomic E-state index is 3.50. The maximum Gasteiger partial charge on any atom is 0.0175 e. The highest BCUT2D eigenvalue weighted by molar-refractivity contribution is 9.10. The number of allylic oxidation sites excluding steroid dienone is 4. The molecular weight excluding hydrogens is 272 g/mol. The smallest absolute Gasteiger partial charge is 0.0175 e. The molecule has 0 radical (unpaired) electrons. The number of hydrogen-bond acceptors (Lipinski definition) is 0. The van der Waals surface area contributed by atoms with Crippen molar-refractivity contribution in [1.82, 2.24) is 0 Å². The van der Waals surface area contributed by atoms with Gasteiger partial charge in [-0.25, -0.2) is 0 Å². The van der Waals surface area contributed by atoms with Gasteiger partial charge in [0.25, 0.3) is 0 Å². The second kappa shape index (κ2) is 4.45. The van der Waals surface area contributed by atoms with E-state index < -0.39 is 0 Å². The Bertz CT molecular complexity index is 455. The molecule has 0 aliphatic heterocycles. The molecule has 0 nitrogen and oxygen atoms in total. The van der Waals surface area contributed by atoms with Crippen LogP contribution in [0.4, 0.5) is 0 Å². The van der Waals surface area contributed by atoms with E-state index in [0.717, 1.165) is 23.7 Å². The van der Waals surface area contributed by atoms with E-state index in [1.165, 1.54) is 16.5 Å². The Labute approximate surface area is 112 Å². The Hall–Kier alpha value is -0.820. The standard InChI is InChI=1S/C16H17Br/c1-11-15(12-5-3-2-4-6-12)16(11)13-7-9-14(17)10-8-13/h2-5,7-12,15-16H,6H2,1H3/t11-,12-,15?,16-/m1/s1. The highest BCUT2D eigenvalue weighted by Crippen LogP contribution is 2.58. The zero-order valence-electron chi connectivity index (χ0n) is 10.0. The Kier molecular flexibility index (Phi) is 2.96. The molecule has 1 aromatic carbocycles. The molecular formula is C16H17Br. The molecule has 3 rings (SSSR count). The molecule has 2 aliphatic carbocycles. The van der Waals surface area contributed by atoms with Crippen LogP contribution in [-0.2, 0) is 0 Å². The summed E-state index contributed by atoms with van der Waals surface area (Å²) in [6.45, 7) is 2.39. The van der Waals surface area contributed by atoms with E-state index in [1.807, 2.05) is 0 Å². The third-order valence-corrected chi connectivity index (χ3v) is 4.74. The molecule has 1 saturated carbocycles. The zero-order chi connectivity index (χ0) is 11.8. The molecule has 1 aromatic rings. The molecule has 1 heteroatoms. The Morgan fingerprint density at radius 3 is 2.53 bits per heavy atom. The third kappa shape index (κ3) is 2.13. The van der Waals surface area contributed by atoms with Crippen LogP contribution in [0, 0.1) is 17.8 Å². The Morgan fingerprint density at radius 2 is 1.88 bits per heavy atom. The normalized spacial score (nSPS) is 34.9. The average Bonchev–Trinajstić information content (AvgIpc) is 3.03. The molecule has 88 valence electrons. The van der Waals surface area contributed by atoms with Crippen LogP contribution < -0.4 is 0 Å². The minimum Gasteiger partial charge on any atom is -0.0840 e. The summed E-state index contributed by atoms with van der Waals surface area (Å²) in [5.41, 5.74) is 1.51. The monoisotopic (exact) mass is 288 g/mol. The van der Waals surface area contributed by atoms with Crippen LogP contribution in [0.5, 0.6) is 0 Å². The van der Waals surface area contributed by atoms with Crippen molar-refractivity contribution in [3.05, 3.63) is 58.6 Å². The number of halogens is 1. The van der Waals surface area contributed by atoms with Gasteiger partial charge in [-0.3, -0.25) is 0 Å². The van der Waals surface area contributed by atoms with Gasteiger partial charge in [-0.15, -0.1) is 0 Å². The largest absolute Gasteiger partial charge is 0.0840 e. The maximum absolute atomic E-state index is 3.50. The van der Waals surface area contributed by atoms with Crippen LogP contribution >= 0.6 is 15.9 Å². The van der Waals surface area contributed by atoms with Gasteiger partial charge in [0.1, 0.15) is 0 Å². The molecule has 0 heterocycles. The summed E-state index contributed by atoms with van der Waals surface area (Å²) in [5, 5.41) is 0. The minimum atomic E-state index is 0.753. The van der Waals surface area contributed by atoms with Crippen molar-refractivity contribution in [2.24, 2.45) is 17.8 Å². The summed E-state index contributed by atoms with van der Waals surface area (Å²) < 4.78 is 1.17. The van der Waals surface area contributed by atoms with Gasteiger partial charge in [0, 0.05) is 4.47 Å². The highest BCUT2D eigenvalue weighted by atomic mass is 79.9. The summed E-state index contributed by atoms with van der Waals surface area (Å²) in [5.74, 6) is 3.20. The second-order valence-corrected chi connectivity index (χ2v) is 6.14. The first-order chi connectivity index (χ1) is 8.27. The summed E-state index contributed by atoms with van der Waals surface area (Å²) in [6.07, 6.45) is 10.3. The van der Waals surface area contributed by atoms with E-state index in [0.29, 0.717) is 0 Å². The van der Waals surface area contributed by atoms with Gasteiger partial charge in [0.15, 0.2) is 0 Å². The van der Waals surface area contributed by atoms with Gasteiger partial charge in [-0.2, -0.15) is 0 Å². The van der Waals surface area contributed by atoms with Crippen LogP contribution in [0.15, 0.2) is 53.0 Å². The quantitative estimate of drug-likeness (QED) is 0.724. The minimum absolute atomic E-state index is 0.753. The van der Waals surface area contributed by atoms with Crippen molar-refractivity contribution in [1.29, 1.82) is 0 Å². The molecule has 0 amide bonds. The van der Waals surface area contributed by atoms with Gasteiger partial charge in [-0.05, 0) is 47.8 Å². The summed E-state index contributed by atoms with van der Waals surface area (Å²) in [6, 6.07) is 8.86. The Morgan fingerprint density at radius 1 is 1.12 bits per heavy atom. The second-order valence-electron chi connectivity index (χ2n) is 5.23. The lowest BCUT2D eigenvalue weighted by Gasteiger charge is -2.12. The van der Waals surface area contributed by atoms with Crippen molar-refractivity contribution in [3.8, 4) is 0 Å². The first kappa shape index (κ1) is 11.3. The van der Waals surface area contributed by atoms with Gasteiger partial charge in [-0.1, -0.05) is 59.3 Å². The lowest BCUT2D eigenvalue weighted by Crippen LogP contribution is -2.02. The van der Waals surface area contributed by atoms with Crippen LogP contribution in [0.3, 0.4) is 0 Å². The number of benzene rings is 1. The topological polar surface area (TPSA) is 0 Å². The fourth-order valence-electron chi connectivity index (χ4n) is 3.25. The van der Waals surface area contributed by atoms with Crippen molar-refractivity contribution < 1.29 is 0 Å². The molecule has 1 fully saturated rings. The molecule has 2 aliphatic rings. The SMILES string of the molecule is C[C@@H]1C([C@@H]2C=CC=CC2)[C@H]1c1ccc(Br)cc1. The summed E-state index contributed by atoms with van der Waals surface area (Å²) in [4.78, 5) is 0. The van der Waals surface area contributed by atoms with E-state index in [4.69, 9.17) is 0 Å². The molecule has 1 unspecified atom stereocenters. The van der Waals surface area contributed by atoms with Crippen molar-refractivity contribution >= 4 is 15.9 Å². The van der Waals surface area contributed by atoms with E-state index in [-0.39, 0.29) is 0 Å². The fraction of sp³-hybridized carbons (Fsp3) is 0.375. The molecule has 0 N–H and O–H groups in total. The zero-order valence-corrected chi connectivity index (χ0v) is 11.6. The molecule has 0 saturated heterocycles. The third-order valence-electron chi connectivity index (χ3n) is 4.21. The average molecular weight is 289 g/mol. The molecule has 0 bridgehead atoms. The number of rotatable bonds is 2. The Balaban J connectivity index is 1.76. The number of hydrogen-bond donors (Lipinski definition) is 0. The van der Waals surface area contributed by atoms with Gasteiger partial charge in [0.05, 0.1) is 0 Å². The lowest BCUT2D eigenvalue weighted by atomic mass is 9.93. The van der Waals surface area contributed by atoms with Crippen LogP contribution in [0.25, 0.3) is 0 Å². The van der Waals surface area contributed by atoms with Crippen LogP contribution in [0.2, 0.25) is 0 Å². The van der Waals surface area contributed by atoms with Gasteiger partial charge in [0.2, 0.25) is 0 Å². The van der Waals surface area contributed by atoms with Crippen LogP contribution in [0.1, 0.15) is 24.8 Å². The van der Waals surface area contributed by atoms with Crippen molar-refractivity contribution in [2.45, 2.75) is 19.3 Å². The van der Waals surface area contributed by atoms with E-state index in [2.05, 4.69) is 71.4 Å². The summed E-state index contributed by atoms with van der Waals surface area (Å²) >= 11 is 3.50. The van der Waals surface area contributed by atoms with Crippen LogP contribution in [-0.4, -0.2) is 0 Å². The van der Waals surface area contributed by atoms with Gasteiger partial charge < -0.3 is 0 Å². The molecule has 0 aromatic heterocycles. The lowest BCUT2D eigenvalue weighted by molar-refractivity contribution is 0.533. The molecule has 17 heavy (non-hydrogen) atoms. The van der Waals surface area contributed by atoms with Crippen molar-refractivity contribution in [3.63, 3.8) is 0 Å². The first-order valence-electron chi connectivity index (χ1n) is 6.36. The predicted octanol–water partition coefficient (Wildman–Crippen LogP) is 4.93. The van der Waals surface area contributed by atoms with Crippen molar-refractivity contribution in [2.75, 3.05) is 0 Å². The summed E-state index contributed by atoms with van der Waals surface area (Å²) in [7, 11) is 0. The van der Waals surface area contributed by atoms with Gasteiger partial charge >= 0.3 is 0 Å². The molecule has 0 spiro atoms. The predicted molar refractivity (Wildman–Crippen MR) is 75.9 cm³/mol. The first-order valence-corrected chi connectivity index (χ1v) is 7.15. The molecule has 4 atom stereocenters. The van der Waals surface area contributed by atoms with E-state index in [9.17, 15) is 0 Å². The highest BCUT2D eigenvalue weighted by Gasteiger charge is 2.50.